The van der Waals surface area contributed by atoms with Gasteiger partial charge in [-0.15, -0.1) is 0 Å². The summed E-state index contributed by atoms with van der Waals surface area (Å²) in [6, 6.07) is 0. The molecule has 0 aromatic rings. The van der Waals surface area contributed by atoms with Crippen LogP contribution in [0.1, 0.15) is 26.7 Å². The van der Waals surface area contributed by atoms with Gasteiger partial charge in [-0.05, 0) is 19.4 Å². The number of ketones is 1. The normalized spacial score (nSPS) is 35.5. The van der Waals surface area contributed by atoms with Gasteiger partial charge in [0, 0.05) is 25.5 Å². The van der Waals surface area contributed by atoms with Gasteiger partial charge in [0.05, 0.1) is 18.3 Å². The number of carbonyl (C=O) groups excluding carboxylic acids is 1. The third-order valence-corrected chi connectivity index (χ3v) is 2.63. The predicted molar refractivity (Wildman–Crippen MR) is 55.4 cm³/mol. The van der Waals surface area contributed by atoms with Crippen molar-refractivity contribution in [2.75, 3.05) is 13.7 Å². The molecule has 1 aliphatic carbocycles. The van der Waals surface area contributed by atoms with Crippen LogP contribution in [0.4, 0.5) is 0 Å². The zero-order valence-electron chi connectivity index (χ0n) is 9.41. The van der Waals surface area contributed by atoms with E-state index in [0.29, 0.717) is 12.2 Å². The zero-order chi connectivity index (χ0) is 11.6. The Hall–Kier alpha value is -0.710. The highest BCUT2D eigenvalue weighted by molar-refractivity contribution is 5.98. The highest BCUT2D eigenvalue weighted by atomic mass is 16.5. The Morgan fingerprint density at radius 3 is 2.73 bits per heavy atom. The Balaban J connectivity index is 2.93. The van der Waals surface area contributed by atoms with Crippen LogP contribution in [-0.2, 0) is 9.53 Å². The number of rotatable bonds is 2. The molecule has 2 N–H and O–H groups in total. The van der Waals surface area contributed by atoms with Crippen molar-refractivity contribution in [1.29, 1.82) is 0 Å². The third kappa shape index (κ3) is 2.87. The van der Waals surface area contributed by atoms with Crippen LogP contribution in [0, 0.1) is 0 Å². The van der Waals surface area contributed by atoms with Gasteiger partial charge in [-0.25, -0.2) is 0 Å². The number of methoxy groups -OCH3 is 1. The monoisotopic (exact) mass is 214 g/mol. The van der Waals surface area contributed by atoms with Gasteiger partial charge in [0.1, 0.15) is 0 Å². The Morgan fingerprint density at radius 1 is 1.67 bits per heavy atom. The lowest BCUT2D eigenvalue weighted by Crippen LogP contribution is -2.41. The standard InChI is InChI=1S/C11H18O4/c1-7(6-15-3)10-8(12)4-11(2,14)5-9(10)13/h8,12,14H,4-6H2,1-3H3. The fraction of sp³-hybridized carbons (Fsp3) is 0.727. The van der Waals surface area contributed by atoms with E-state index in [1.54, 1.807) is 21.0 Å². The van der Waals surface area contributed by atoms with Crippen LogP contribution in [0.2, 0.25) is 0 Å². The molecule has 1 fully saturated rings. The van der Waals surface area contributed by atoms with Gasteiger partial charge >= 0.3 is 0 Å². The maximum absolute atomic E-state index is 11.7. The molecule has 0 radical (unpaired) electrons. The van der Waals surface area contributed by atoms with Crippen molar-refractivity contribution >= 4 is 5.78 Å². The van der Waals surface area contributed by atoms with Crippen molar-refractivity contribution in [1.82, 2.24) is 0 Å². The molecule has 0 heterocycles. The van der Waals surface area contributed by atoms with Crippen LogP contribution < -0.4 is 0 Å². The van der Waals surface area contributed by atoms with Crippen LogP contribution >= 0.6 is 0 Å². The first kappa shape index (κ1) is 12.4. The van der Waals surface area contributed by atoms with Crippen molar-refractivity contribution in [3.05, 3.63) is 11.1 Å². The Bertz CT molecular complexity index is 291. The average Bonchev–Trinajstić information content (AvgIpc) is 1.99. The summed E-state index contributed by atoms with van der Waals surface area (Å²) in [5.74, 6) is -0.187. The van der Waals surface area contributed by atoms with E-state index in [0.717, 1.165) is 5.57 Å². The number of aliphatic hydroxyl groups excluding tert-OH is 1. The van der Waals surface area contributed by atoms with E-state index < -0.39 is 11.7 Å². The third-order valence-electron chi connectivity index (χ3n) is 2.63. The molecule has 4 nitrogen and oxygen atoms in total. The van der Waals surface area contributed by atoms with Crippen molar-refractivity contribution in [3.63, 3.8) is 0 Å². The Morgan fingerprint density at radius 2 is 2.27 bits per heavy atom. The fourth-order valence-electron chi connectivity index (χ4n) is 2.03. The lowest BCUT2D eigenvalue weighted by atomic mass is 9.79. The van der Waals surface area contributed by atoms with Crippen molar-refractivity contribution in [3.8, 4) is 0 Å². The summed E-state index contributed by atoms with van der Waals surface area (Å²) in [7, 11) is 1.54. The highest BCUT2D eigenvalue weighted by Gasteiger charge is 2.38. The SMILES string of the molecule is COCC(C)=C1C(=O)CC(C)(O)CC1O. The summed E-state index contributed by atoms with van der Waals surface area (Å²) < 4.78 is 4.92. The number of aliphatic hydroxyl groups is 2. The van der Waals surface area contributed by atoms with E-state index >= 15 is 0 Å². The minimum atomic E-state index is -1.09. The molecule has 1 saturated carbocycles. The van der Waals surface area contributed by atoms with E-state index in [2.05, 4.69) is 0 Å². The number of carbonyl (C=O) groups is 1. The maximum Gasteiger partial charge on any atom is 0.164 e. The number of hydrogen-bond donors (Lipinski definition) is 2. The van der Waals surface area contributed by atoms with Gasteiger partial charge in [0.15, 0.2) is 5.78 Å². The molecule has 15 heavy (non-hydrogen) atoms. The average molecular weight is 214 g/mol. The topological polar surface area (TPSA) is 66.8 Å². The Labute approximate surface area is 89.6 Å². The molecule has 2 unspecified atom stereocenters. The highest BCUT2D eigenvalue weighted by Crippen LogP contribution is 2.30. The van der Waals surface area contributed by atoms with Gasteiger partial charge in [0.25, 0.3) is 0 Å². The van der Waals surface area contributed by atoms with Gasteiger partial charge in [-0.3, -0.25) is 4.79 Å². The molecule has 1 rings (SSSR count). The molecule has 0 amide bonds. The molecule has 0 saturated heterocycles. The number of Topliss-reactive ketones (excluding diaryl/α,β-unsaturated/α-hetero) is 1. The molecular formula is C11H18O4. The second-order valence-electron chi connectivity index (χ2n) is 4.44. The van der Waals surface area contributed by atoms with Crippen molar-refractivity contribution < 1.29 is 19.7 Å². The fourth-order valence-corrected chi connectivity index (χ4v) is 2.03. The van der Waals surface area contributed by atoms with Gasteiger partial charge in [-0.2, -0.15) is 0 Å². The molecule has 0 spiro atoms. The van der Waals surface area contributed by atoms with Crippen LogP contribution in [0.3, 0.4) is 0 Å². The molecule has 1 aliphatic rings. The summed E-state index contributed by atoms with van der Waals surface area (Å²) in [6.07, 6.45) is -0.605. The van der Waals surface area contributed by atoms with Gasteiger partial charge < -0.3 is 14.9 Å². The minimum absolute atomic E-state index is 0.0699. The predicted octanol–water partition coefficient (Wildman–Crippen LogP) is 0.424. The molecule has 2 atom stereocenters. The molecule has 86 valence electrons. The largest absolute Gasteiger partial charge is 0.390 e. The second-order valence-corrected chi connectivity index (χ2v) is 4.44. The first-order chi connectivity index (χ1) is 6.87. The second kappa shape index (κ2) is 4.43. The summed E-state index contributed by atoms with van der Waals surface area (Å²) in [6.45, 7) is 3.66. The minimum Gasteiger partial charge on any atom is -0.390 e. The van der Waals surface area contributed by atoms with Crippen LogP contribution in [0.15, 0.2) is 11.1 Å². The first-order valence-electron chi connectivity index (χ1n) is 4.99. The molecule has 0 aromatic heterocycles. The summed E-state index contributed by atoms with van der Waals surface area (Å²) in [5, 5.41) is 19.5. The summed E-state index contributed by atoms with van der Waals surface area (Å²) in [4.78, 5) is 11.7. The van der Waals surface area contributed by atoms with Crippen molar-refractivity contribution in [2.24, 2.45) is 0 Å². The lowest BCUT2D eigenvalue weighted by molar-refractivity contribution is -0.125. The van der Waals surface area contributed by atoms with E-state index in [9.17, 15) is 15.0 Å². The number of hydrogen-bond acceptors (Lipinski definition) is 4. The first-order valence-corrected chi connectivity index (χ1v) is 4.99. The quantitative estimate of drug-likeness (QED) is 0.654. The van der Waals surface area contributed by atoms with Gasteiger partial charge in [-0.1, -0.05) is 0 Å². The zero-order valence-corrected chi connectivity index (χ0v) is 9.41. The lowest BCUT2D eigenvalue weighted by Gasteiger charge is -2.33. The van der Waals surface area contributed by atoms with E-state index in [4.69, 9.17) is 4.74 Å². The molecule has 4 heteroatoms. The molecule has 0 bridgehead atoms. The molecule has 0 aromatic carbocycles. The van der Waals surface area contributed by atoms with Gasteiger partial charge in [0.2, 0.25) is 0 Å². The van der Waals surface area contributed by atoms with Crippen LogP contribution in [0.5, 0.6) is 0 Å². The molecular weight excluding hydrogens is 196 g/mol. The van der Waals surface area contributed by atoms with E-state index in [1.807, 2.05) is 0 Å². The van der Waals surface area contributed by atoms with E-state index in [1.165, 1.54) is 0 Å². The van der Waals surface area contributed by atoms with E-state index in [-0.39, 0.29) is 18.6 Å². The van der Waals surface area contributed by atoms with Crippen LogP contribution in [0.25, 0.3) is 0 Å². The Kier molecular flexibility index (Phi) is 3.65. The molecule has 0 aliphatic heterocycles. The summed E-state index contributed by atoms with van der Waals surface area (Å²) >= 11 is 0. The van der Waals surface area contributed by atoms with Crippen molar-refractivity contribution in [2.45, 2.75) is 38.4 Å². The smallest absolute Gasteiger partial charge is 0.164 e. The maximum atomic E-state index is 11.7. The summed E-state index contributed by atoms with van der Waals surface area (Å²) in [5.41, 5.74) is 0.0572. The number of ether oxygens (including phenoxy) is 1. The van der Waals surface area contributed by atoms with Crippen LogP contribution in [-0.4, -0.2) is 41.4 Å².